The molecule has 0 bridgehead atoms. The Hall–Kier alpha value is -3.19. The van der Waals surface area contributed by atoms with Gasteiger partial charge >= 0.3 is 0 Å². The van der Waals surface area contributed by atoms with Crippen LogP contribution in [0.15, 0.2) is 53.6 Å². The Morgan fingerprint density at radius 2 is 2.06 bits per heavy atom. The highest BCUT2D eigenvalue weighted by Gasteiger charge is 2.36. The summed E-state index contributed by atoms with van der Waals surface area (Å²) in [4.78, 5) is 44.5. The van der Waals surface area contributed by atoms with E-state index in [9.17, 15) is 14.4 Å². The Balaban J connectivity index is 1.37. The molecular formula is C23H20ClN3O4. The number of Topliss-reactive ketones (excluding diaryl/α,β-unsaturated/α-hetero) is 1. The van der Waals surface area contributed by atoms with E-state index in [1.54, 1.807) is 47.5 Å². The molecule has 0 saturated carbocycles. The van der Waals surface area contributed by atoms with Crippen molar-refractivity contribution in [2.45, 2.75) is 25.4 Å². The molecule has 0 spiro atoms. The molecule has 2 aliphatic heterocycles. The number of hydrogen-bond donors (Lipinski definition) is 0. The molecule has 0 aliphatic carbocycles. The highest BCUT2D eigenvalue weighted by atomic mass is 35.5. The van der Waals surface area contributed by atoms with Gasteiger partial charge in [0.2, 0.25) is 0 Å². The lowest BCUT2D eigenvalue weighted by molar-refractivity contribution is 0.0408. The lowest BCUT2D eigenvalue weighted by Gasteiger charge is -2.38. The van der Waals surface area contributed by atoms with Crippen molar-refractivity contribution >= 4 is 28.9 Å². The molecule has 2 atom stereocenters. The first-order valence-electron chi connectivity index (χ1n) is 10.3. The summed E-state index contributed by atoms with van der Waals surface area (Å²) in [7, 11) is 0. The Kier molecular flexibility index (Phi) is 4.98. The normalized spacial score (nSPS) is 20.9. The fourth-order valence-corrected chi connectivity index (χ4v) is 4.60. The van der Waals surface area contributed by atoms with Crippen molar-refractivity contribution < 1.29 is 14.3 Å². The van der Waals surface area contributed by atoms with Gasteiger partial charge in [-0.1, -0.05) is 17.7 Å². The number of pyridine rings is 1. The van der Waals surface area contributed by atoms with E-state index < -0.39 is 0 Å². The van der Waals surface area contributed by atoms with Crippen LogP contribution in [0.2, 0.25) is 5.02 Å². The third kappa shape index (κ3) is 3.59. The lowest BCUT2D eigenvalue weighted by Crippen LogP contribution is -2.47. The smallest absolute Gasteiger partial charge is 0.270 e. The van der Waals surface area contributed by atoms with Crippen molar-refractivity contribution in [3.63, 3.8) is 0 Å². The molecular weight excluding hydrogens is 418 g/mol. The van der Waals surface area contributed by atoms with E-state index in [1.807, 2.05) is 0 Å². The van der Waals surface area contributed by atoms with Crippen LogP contribution >= 0.6 is 11.6 Å². The number of fused-ring (bicyclic) bond motifs is 2. The quantitative estimate of drug-likeness (QED) is 0.614. The molecule has 4 heterocycles. The molecule has 1 aromatic carbocycles. The fourth-order valence-electron chi connectivity index (χ4n) is 4.42. The first-order valence-corrected chi connectivity index (χ1v) is 10.6. The number of aromatic nitrogens is 2. The van der Waals surface area contributed by atoms with Gasteiger partial charge in [-0.3, -0.25) is 18.8 Å². The number of carbonyl (C=O) groups is 2. The number of amides is 1. The van der Waals surface area contributed by atoms with Crippen LogP contribution in [0.1, 0.15) is 40.0 Å². The summed E-state index contributed by atoms with van der Waals surface area (Å²) < 4.78 is 7.49. The first-order chi connectivity index (χ1) is 15.0. The molecule has 2 aliphatic rings. The van der Waals surface area contributed by atoms with Gasteiger partial charge < -0.3 is 9.64 Å². The number of halogens is 1. The van der Waals surface area contributed by atoms with E-state index in [2.05, 4.69) is 4.98 Å². The molecule has 31 heavy (non-hydrogen) atoms. The van der Waals surface area contributed by atoms with Crippen molar-refractivity contribution in [2.75, 3.05) is 13.1 Å². The second kappa shape index (κ2) is 7.81. The lowest BCUT2D eigenvalue weighted by atomic mass is 9.86. The highest BCUT2D eigenvalue weighted by molar-refractivity contribution is 6.31. The van der Waals surface area contributed by atoms with Gasteiger partial charge in [0.15, 0.2) is 5.78 Å². The molecule has 7 nitrogen and oxygen atoms in total. The number of hydrogen-bond acceptors (Lipinski definition) is 5. The molecule has 158 valence electrons. The number of nitrogens with zero attached hydrogens (tertiary/aromatic N) is 3. The van der Waals surface area contributed by atoms with Crippen LogP contribution in [0.3, 0.4) is 0 Å². The summed E-state index contributed by atoms with van der Waals surface area (Å²) in [6.07, 6.45) is 4.52. The Bertz CT molecular complexity index is 1260. The van der Waals surface area contributed by atoms with Gasteiger partial charge in [-0.15, -0.1) is 0 Å². The molecule has 8 heteroatoms. The third-order valence-corrected chi connectivity index (χ3v) is 6.26. The highest BCUT2D eigenvalue weighted by Crippen LogP contribution is 2.34. The zero-order valence-corrected chi connectivity index (χ0v) is 17.4. The van der Waals surface area contributed by atoms with E-state index >= 15 is 0 Å². The van der Waals surface area contributed by atoms with E-state index in [0.717, 1.165) is 12.8 Å². The summed E-state index contributed by atoms with van der Waals surface area (Å²) in [6.45, 7) is 0.982. The fraction of sp³-hybridized carbons (Fsp3) is 0.304. The monoisotopic (exact) mass is 437 g/mol. The number of rotatable bonds is 2. The van der Waals surface area contributed by atoms with Crippen LogP contribution in [0.5, 0.6) is 5.75 Å². The largest absolute Gasteiger partial charge is 0.489 e. The molecule has 0 radical (unpaired) electrons. The minimum atomic E-state index is -0.382. The average Bonchev–Trinajstić information content (AvgIpc) is 2.79. The average molecular weight is 438 g/mol. The predicted molar refractivity (Wildman–Crippen MR) is 115 cm³/mol. The number of ketones is 1. The van der Waals surface area contributed by atoms with Crippen LogP contribution in [0.25, 0.3) is 5.65 Å². The number of benzene rings is 1. The van der Waals surface area contributed by atoms with Gasteiger partial charge in [-0.25, -0.2) is 4.98 Å². The third-order valence-electron chi connectivity index (χ3n) is 6.02. The molecule has 2 aromatic heterocycles. The van der Waals surface area contributed by atoms with Crippen LogP contribution in [0, 0.1) is 5.92 Å². The number of piperidine rings is 1. The zero-order chi connectivity index (χ0) is 21.5. The number of ether oxygens (including phenoxy) is 1. The van der Waals surface area contributed by atoms with Crippen LogP contribution in [-0.2, 0) is 0 Å². The topological polar surface area (TPSA) is 81.0 Å². The van der Waals surface area contributed by atoms with Crippen LogP contribution < -0.4 is 10.3 Å². The van der Waals surface area contributed by atoms with Gasteiger partial charge in [-0.2, -0.15) is 0 Å². The summed E-state index contributed by atoms with van der Waals surface area (Å²) >= 11 is 6.00. The summed E-state index contributed by atoms with van der Waals surface area (Å²) in [5, 5.41) is 0.499. The van der Waals surface area contributed by atoms with Crippen molar-refractivity contribution in [3.05, 3.63) is 75.3 Å². The molecule has 1 amide bonds. The maximum Gasteiger partial charge on any atom is 0.270 e. The van der Waals surface area contributed by atoms with Crippen molar-refractivity contribution in [3.8, 4) is 5.75 Å². The summed E-state index contributed by atoms with van der Waals surface area (Å²) in [6, 6.07) is 10.3. The second-order valence-corrected chi connectivity index (χ2v) is 8.42. The predicted octanol–water partition coefficient (Wildman–Crippen LogP) is 3.23. The van der Waals surface area contributed by atoms with Crippen molar-refractivity contribution in [1.82, 2.24) is 14.3 Å². The molecule has 1 saturated heterocycles. The molecule has 3 aromatic rings. The Morgan fingerprint density at radius 3 is 2.94 bits per heavy atom. The number of likely N-dealkylation sites (tertiary alicyclic amines) is 1. The standard InChI is InChI=1S/C23H20ClN3O4/c24-15-6-7-19-16(10-15)18(28)11-20(31-19)14-4-3-8-26(13-14)22(29)17-12-25-21-5-1-2-9-27(21)23(17)30/h1-2,5-7,9-10,12,14,20H,3-4,8,11,13H2/t14-,20-/m0/s1. The second-order valence-electron chi connectivity index (χ2n) is 7.98. The van der Waals surface area contributed by atoms with E-state index in [1.165, 1.54) is 10.6 Å². The molecule has 1 fully saturated rings. The van der Waals surface area contributed by atoms with E-state index in [0.29, 0.717) is 35.1 Å². The number of carbonyl (C=O) groups excluding carboxylic acids is 2. The Morgan fingerprint density at radius 1 is 1.19 bits per heavy atom. The first kappa shape index (κ1) is 19.8. The van der Waals surface area contributed by atoms with E-state index in [-0.39, 0.29) is 41.3 Å². The minimum Gasteiger partial charge on any atom is -0.489 e. The maximum absolute atomic E-state index is 13.1. The minimum absolute atomic E-state index is 0.00153. The van der Waals surface area contributed by atoms with Crippen molar-refractivity contribution in [2.24, 2.45) is 5.92 Å². The van der Waals surface area contributed by atoms with Gasteiger partial charge in [0.25, 0.3) is 11.5 Å². The van der Waals surface area contributed by atoms with Crippen molar-refractivity contribution in [1.29, 1.82) is 0 Å². The molecule has 5 rings (SSSR count). The summed E-state index contributed by atoms with van der Waals surface area (Å²) in [5.41, 5.74) is 0.661. The zero-order valence-electron chi connectivity index (χ0n) is 16.7. The van der Waals surface area contributed by atoms with Gasteiger partial charge in [0, 0.05) is 42.8 Å². The van der Waals surface area contributed by atoms with Crippen LogP contribution in [-0.4, -0.2) is 45.2 Å². The van der Waals surface area contributed by atoms with Gasteiger partial charge in [0.1, 0.15) is 23.1 Å². The molecule has 0 N–H and O–H groups in total. The van der Waals surface area contributed by atoms with Gasteiger partial charge in [0.05, 0.1) is 5.56 Å². The van der Waals surface area contributed by atoms with Gasteiger partial charge in [-0.05, 0) is 43.2 Å². The Labute approximate surface area is 183 Å². The SMILES string of the molecule is O=C1C[C@@H]([C@H]2CCCN(C(=O)c3cnc4ccccn4c3=O)C2)Oc2ccc(Cl)cc21. The molecule has 0 unspecified atom stereocenters. The summed E-state index contributed by atoms with van der Waals surface area (Å²) in [5.74, 6) is 0.191. The van der Waals surface area contributed by atoms with Crippen LogP contribution in [0.4, 0.5) is 0 Å². The van der Waals surface area contributed by atoms with E-state index in [4.69, 9.17) is 16.3 Å². The maximum atomic E-state index is 13.1.